The van der Waals surface area contributed by atoms with Crippen LogP contribution in [0.25, 0.3) is 0 Å². The van der Waals surface area contributed by atoms with E-state index in [-0.39, 0.29) is 30.7 Å². The Morgan fingerprint density at radius 1 is 1.18 bits per heavy atom. The van der Waals surface area contributed by atoms with Gasteiger partial charge in [-0.25, -0.2) is 4.98 Å². The van der Waals surface area contributed by atoms with Crippen molar-refractivity contribution in [1.82, 2.24) is 15.2 Å². The van der Waals surface area contributed by atoms with Gasteiger partial charge < -0.3 is 5.32 Å². The Bertz CT molecular complexity index is 692. The molecule has 0 saturated carbocycles. The second-order valence-corrected chi connectivity index (χ2v) is 5.74. The van der Waals surface area contributed by atoms with Crippen molar-refractivity contribution in [2.45, 2.75) is 13.0 Å². The van der Waals surface area contributed by atoms with Crippen molar-refractivity contribution in [3.8, 4) is 0 Å². The van der Waals surface area contributed by atoms with Crippen molar-refractivity contribution in [3.63, 3.8) is 0 Å². The first-order valence-corrected chi connectivity index (χ1v) is 7.65. The molecule has 1 aliphatic heterocycles. The minimum atomic E-state index is -0.340. The average Bonchev–Trinajstić information content (AvgIpc) is 3.13. The first-order valence-electron chi connectivity index (χ1n) is 6.77. The highest BCUT2D eigenvalue weighted by Crippen LogP contribution is 2.22. The molecule has 112 valence electrons. The van der Waals surface area contributed by atoms with Gasteiger partial charge in [0.1, 0.15) is 5.01 Å². The Morgan fingerprint density at radius 3 is 2.45 bits per heavy atom. The molecule has 0 atom stereocenters. The van der Waals surface area contributed by atoms with E-state index in [9.17, 15) is 14.4 Å². The van der Waals surface area contributed by atoms with Crippen LogP contribution in [-0.2, 0) is 11.3 Å². The smallest absolute Gasteiger partial charge is 0.261 e. The van der Waals surface area contributed by atoms with Gasteiger partial charge in [-0.05, 0) is 12.1 Å². The van der Waals surface area contributed by atoms with Crippen LogP contribution in [0.1, 0.15) is 32.1 Å². The molecule has 0 fully saturated rings. The lowest BCUT2D eigenvalue weighted by molar-refractivity contribution is -0.121. The zero-order valence-corrected chi connectivity index (χ0v) is 12.4. The summed E-state index contributed by atoms with van der Waals surface area (Å²) in [5.41, 5.74) is 0.798. The number of fused-ring (bicyclic) bond motifs is 1. The number of benzene rings is 1. The molecule has 22 heavy (non-hydrogen) atoms. The second-order valence-electron chi connectivity index (χ2n) is 4.76. The summed E-state index contributed by atoms with van der Waals surface area (Å²) in [7, 11) is 0. The molecule has 1 aromatic heterocycles. The Morgan fingerprint density at radius 2 is 1.86 bits per heavy atom. The van der Waals surface area contributed by atoms with Crippen LogP contribution in [0.15, 0.2) is 35.8 Å². The van der Waals surface area contributed by atoms with Gasteiger partial charge in [-0.2, -0.15) is 0 Å². The topological polar surface area (TPSA) is 79.4 Å². The van der Waals surface area contributed by atoms with E-state index >= 15 is 0 Å². The lowest BCUT2D eigenvalue weighted by Crippen LogP contribution is -2.34. The molecule has 0 aliphatic carbocycles. The molecule has 1 N–H and O–H groups in total. The van der Waals surface area contributed by atoms with Crippen LogP contribution in [0.2, 0.25) is 0 Å². The lowest BCUT2D eigenvalue weighted by Gasteiger charge is -2.13. The second kappa shape index (κ2) is 6.07. The van der Waals surface area contributed by atoms with E-state index in [1.54, 1.807) is 30.5 Å². The van der Waals surface area contributed by atoms with Crippen LogP contribution in [-0.4, -0.2) is 34.2 Å². The SMILES string of the molecule is O=C(CCN1C(=O)c2ccccc2C1=O)NCc1nccs1. The molecular weight excluding hydrogens is 302 g/mol. The highest BCUT2D eigenvalue weighted by molar-refractivity contribution is 7.09. The number of thiazole rings is 1. The van der Waals surface area contributed by atoms with Gasteiger partial charge in [0, 0.05) is 24.5 Å². The number of aromatic nitrogens is 1. The van der Waals surface area contributed by atoms with Gasteiger partial charge in [-0.3, -0.25) is 19.3 Å². The summed E-state index contributed by atoms with van der Waals surface area (Å²) in [6, 6.07) is 6.68. The molecule has 2 aromatic rings. The van der Waals surface area contributed by atoms with Crippen LogP contribution in [0, 0.1) is 0 Å². The van der Waals surface area contributed by atoms with Gasteiger partial charge in [0.15, 0.2) is 0 Å². The van der Waals surface area contributed by atoms with E-state index in [2.05, 4.69) is 10.3 Å². The summed E-state index contributed by atoms with van der Waals surface area (Å²) in [5, 5.41) is 5.37. The Hall–Kier alpha value is -2.54. The van der Waals surface area contributed by atoms with Crippen molar-refractivity contribution < 1.29 is 14.4 Å². The molecule has 1 aliphatic rings. The maximum atomic E-state index is 12.1. The maximum Gasteiger partial charge on any atom is 0.261 e. The normalized spacial score (nSPS) is 13.4. The summed E-state index contributed by atoms with van der Waals surface area (Å²) in [5.74, 6) is -0.895. The van der Waals surface area contributed by atoms with Gasteiger partial charge in [0.25, 0.3) is 11.8 Å². The highest BCUT2D eigenvalue weighted by Gasteiger charge is 2.34. The van der Waals surface area contributed by atoms with Crippen molar-refractivity contribution in [1.29, 1.82) is 0 Å². The number of amides is 3. The van der Waals surface area contributed by atoms with E-state index < -0.39 is 0 Å². The first kappa shape index (κ1) is 14.4. The third kappa shape index (κ3) is 2.75. The molecule has 0 bridgehead atoms. The number of hydrogen-bond donors (Lipinski definition) is 1. The van der Waals surface area contributed by atoms with Gasteiger partial charge in [0.05, 0.1) is 17.7 Å². The van der Waals surface area contributed by atoms with Crippen molar-refractivity contribution in [2.75, 3.05) is 6.54 Å². The van der Waals surface area contributed by atoms with Crippen molar-refractivity contribution >= 4 is 29.1 Å². The summed E-state index contributed by atoms with van der Waals surface area (Å²) >= 11 is 1.46. The van der Waals surface area contributed by atoms with E-state index in [4.69, 9.17) is 0 Å². The Balaban J connectivity index is 1.55. The number of imide groups is 1. The standard InChI is InChI=1S/C15H13N3O3S/c19-12(17-9-13-16-6-8-22-13)5-7-18-14(20)10-3-1-2-4-11(10)15(18)21/h1-4,6,8H,5,7,9H2,(H,17,19). The minimum absolute atomic E-state index is 0.0794. The molecule has 0 unspecified atom stereocenters. The van der Waals surface area contributed by atoms with Crippen LogP contribution < -0.4 is 5.32 Å². The van der Waals surface area contributed by atoms with Crippen LogP contribution in [0.4, 0.5) is 0 Å². The third-order valence-corrected chi connectivity index (χ3v) is 4.14. The molecule has 0 radical (unpaired) electrons. The zero-order valence-electron chi connectivity index (χ0n) is 11.6. The van der Waals surface area contributed by atoms with Gasteiger partial charge in [-0.1, -0.05) is 12.1 Å². The van der Waals surface area contributed by atoms with Crippen LogP contribution in [0.5, 0.6) is 0 Å². The molecule has 0 saturated heterocycles. The Kier molecular flexibility index (Phi) is 3.97. The predicted molar refractivity (Wildman–Crippen MR) is 80.4 cm³/mol. The van der Waals surface area contributed by atoms with Crippen molar-refractivity contribution in [3.05, 3.63) is 52.0 Å². The molecule has 6 nitrogen and oxygen atoms in total. The summed E-state index contributed by atoms with van der Waals surface area (Å²) in [6.45, 7) is 0.439. The van der Waals surface area contributed by atoms with E-state index in [0.29, 0.717) is 17.7 Å². The van der Waals surface area contributed by atoms with Crippen molar-refractivity contribution in [2.24, 2.45) is 0 Å². The maximum absolute atomic E-state index is 12.1. The Labute approximate surface area is 130 Å². The van der Waals surface area contributed by atoms with E-state index in [1.165, 1.54) is 11.3 Å². The molecule has 3 rings (SSSR count). The third-order valence-electron chi connectivity index (χ3n) is 3.36. The van der Waals surface area contributed by atoms with Crippen LogP contribution >= 0.6 is 11.3 Å². The fourth-order valence-electron chi connectivity index (χ4n) is 2.26. The fraction of sp³-hybridized carbons (Fsp3) is 0.200. The van der Waals surface area contributed by atoms with Crippen LogP contribution in [0.3, 0.4) is 0 Å². The van der Waals surface area contributed by atoms with Gasteiger partial charge in [0.2, 0.25) is 5.91 Å². The average molecular weight is 315 g/mol. The highest BCUT2D eigenvalue weighted by atomic mass is 32.1. The molecule has 0 spiro atoms. The number of hydrogen-bond acceptors (Lipinski definition) is 5. The monoisotopic (exact) mass is 315 g/mol. The predicted octanol–water partition coefficient (Wildman–Crippen LogP) is 1.45. The molecule has 3 amide bonds. The lowest BCUT2D eigenvalue weighted by atomic mass is 10.1. The van der Waals surface area contributed by atoms with E-state index in [0.717, 1.165) is 9.91 Å². The molecular formula is C15H13N3O3S. The number of nitrogens with one attached hydrogen (secondary N) is 1. The van der Waals surface area contributed by atoms with Gasteiger partial charge >= 0.3 is 0 Å². The molecule has 2 heterocycles. The number of carbonyl (C=O) groups excluding carboxylic acids is 3. The summed E-state index contributed by atoms with van der Waals surface area (Å²) in [4.78, 5) is 41.2. The number of nitrogens with zero attached hydrogens (tertiary/aromatic N) is 2. The summed E-state index contributed by atoms with van der Waals surface area (Å²) in [6.07, 6.45) is 1.75. The zero-order chi connectivity index (χ0) is 15.5. The molecule has 7 heteroatoms. The minimum Gasteiger partial charge on any atom is -0.350 e. The van der Waals surface area contributed by atoms with Gasteiger partial charge in [-0.15, -0.1) is 11.3 Å². The number of rotatable bonds is 5. The largest absolute Gasteiger partial charge is 0.350 e. The number of carbonyl (C=O) groups is 3. The summed E-state index contributed by atoms with van der Waals surface area (Å²) < 4.78 is 0. The fourth-order valence-corrected chi connectivity index (χ4v) is 2.81. The first-order chi connectivity index (χ1) is 10.7. The quantitative estimate of drug-likeness (QED) is 0.847. The molecule has 1 aromatic carbocycles. The van der Waals surface area contributed by atoms with E-state index in [1.807, 2.05) is 5.38 Å².